The first-order valence-corrected chi connectivity index (χ1v) is 9.59. The Hall–Kier alpha value is -1.05. The molecule has 0 radical (unpaired) electrons. The highest BCUT2D eigenvalue weighted by Crippen LogP contribution is 2.40. The summed E-state index contributed by atoms with van der Waals surface area (Å²) in [5, 5.41) is 2.99. The molecule has 1 aliphatic heterocycles. The summed E-state index contributed by atoms with van der Waals surface area (Å²) in [6, 6.07) is 14.0. The van der Waals surface area contributed by atoms with Crippen molar-refractivity contribution in [3.8, 4) is 0 Å². The average molecular weight is 328 g/mol. The van der Waals surface area contributed by atoms with Gasteiger partial charge in [0.25, 0.3) is 0 Å². The summed E-state index contributed by atoms with van der Waals surface area (Å²) < 4.78 is 1.94. The van der Waals surface area contributed by atoms with Gasteiger partial charge in [-0.15, -0.1) is 0 Å². The highest BCUT2D eigenvalue weighted by molar-refractivity contribution is 6.13. The number of hydrogen-bond donors (Lipinski definition) is 0. The van der Waals surface area contributed by atoms with Crippen molar-refractivity contribution in [3.05, 3.63) is 47.5 Å². The van der Waals surface area contributed by atoms with Gasteiger partial charge in [0.15, 0.2) is 0 Å². The van der Waals surface area contributed by atoms with Gasteiger partial charge in [0, 0.05) is 13.1 Å². The van der Waals surface area contributed by atoms with E-state index in [-0.39, 0.29) is 0 Å². The number of benzene rings is 2. The molecular formula is C21H26ClN. The molecule has 0 spiro atoms. The maximum absolute atomic E-state index is 6.15. The van der Waals surface area contributed by atoms with E-state index in [0.717, 1.165) is 19.0 Å². The molecule has 4 rings (SSSR count). The SMILES string of the molecule is ClN1CCC(c2ccc(C3CCCCC3)c3ccccc23)CC1. The Balaban J connectivity index is 1.73. The van der Waals surface area contributed by atoms with E-state index in [1.807, 2.05) is 4.42 Å². The molecule has 1 aliphatic carbocycles. The Labute approximate surface area is 144 Å². The van der Waals surface area contributed by atoms with Gasteiger partial charge < -0.3 is 0 Å². The third-order valence-corrected chi connectivity index (χ3v) is 6.25. The average Bonchev–Trinajstić information content (AvgIpc) is 2.62. The lowest BCUT2D eigenvalue weighted by molar-refractivity contribution is 0.337. The van der Waals surface area contributed by atoms with Crippen molar-refractivity contribution in [1.82, 2.24) is 4.42 Å². The number of rotatable bonds is 2. The summed E-state index contributed by atoms with van der Waals surface area (Å²) in [7, 11) is 0. The van der Waals surface area contributed by atoms with Crippen LogP contribution in [0.15, 0.2) is 36.4 Å². The number of halogens is 1. The molecule has 0 N–H and O–H groups in total. The minimum Gasteiger partial charge on any atom is -0.220 e. The number of piperidine rings is 1. The van der Waals surface area contributed by atoms with Gasteiger partial charge in [-0.2, -0.15) is 0 Å². The van der Waals surface area contributed by atoms with Crippen LogP contribution in [0.3, 0.4) is 0 Å². The van der Waals surface area contributed by atoms with E-state index in [1.54, 1.807) is 11.1 Å². The first-order valence-electron chi connectivity index (χ1n) is 9.25. The van der Waals surface area contributed by atoms with Crippen molar-refractivity contribution in [3.63, 3.8) is 0 Å². The zero-order valence-corrected chi connectivity index (χ0v) is 14.6. The predicted octanol–water partition coefficient (Wildman–Crippen LogP) is 6.22. The summed E-state index contributed by atoms with van der Waals surface area (Å²) >= 11 is 6.15. The lowest BCUT2D eigenvalue weighted by Gasteiger charge is -2.29. The zero-order chi connectivity index (χ0) is 15.6. The predicted molar refractivity (Wildman–Crippen MR) is 99.2 cm³/mol. The summed E-state index contributed by atoms with van der Waals surface area (Å²) in [6.07, 6.45) is 9.31. The molecule has 1 nitrogen and oxygen atoms in total. The monoisotopic (exact) mass is 327 g/mol. The number of nitrogens with zero attached hydrogens (tertiary/aromatic N) is 1. The third kappa shape index (κ3) is 3.14. The number of fused-ring (bicyclic) bond motifs is 1. The Kier molecular flexibility index (Phi) is 4.59. The Morgan fingerprint density at radius 1 is 0.696 bits per heavy atom. The lowest BCUT2D eigenvalue weighted by Crippen LogP contribution is -2.25. The van der Waals surface area contributed by atoms with Crippen molar-refractivity contribution in [2.45, 2.75) is 56.8 Å². The van der Waals surface area contributed by atoms with Crippen LogP contribution in [-0.2, 0) is 0 Å². The molecule has 0 aromatic heterocycles. The van der Waals surface area contributed by atoms with Crippen molar-refractivity contribution in [2.75, 3.05) is 13.1 Å². The van der Waals surface area contributed by atoms with Crippen LogP contribution in [0.5, 0.6) is 0 Å². The smallest absolute Gasteiger partial charge is 0.0144 e. The van der Waals surface area contributed by atoms with Crippen molar-refractivity contribution in [2.24, 2.45) is 0 Å². The highest BCUT2D eigenvalue weighted by Gasteiger charge is 2.23. The number of hydrogen-bond acceptors (Lipinski definition) is 1. The van der Waals surface area contributed by atoms with Gasteiger partial charge in [0.2, 0.25) is 0 Å². The molecule has 2 heteroatoms. The van der Waals surface area contributed by atoms with Crippen LogP contribution in [0.2, 0.25) is 0 Å². The summed E-state index contributed by atoms with van der Waals surface area (Å²) in [4.78, 5) is 0. The standard InChI is InChI=1S/C21H26ClN/c22-23-14-12-17(13-15-23)19-11-10-18(16-6-2-1-3-7-16)20-8-4-5-9-21(19)20/h4-5,8-11,16-17H,1-3,6-7,12-15H2. The van der Waals surface area contributed by atoms with E-state index in [2.05, 4.69) is 36.4 Å². The van der Waals surface area contributed by atoms with Crippen LogP contribution >= 0.6 is 11.8 Å². The molecule has 0 unspecified atom stereocenters. The van der Waals surface area contributed by atoms with E-state index in [9.17, 15) is 0 Å². The minimum atomic E-state index is 0.662. The van der Waals surface area contributed by atoms with Gasteiger partial charge in [-0.3, -0.25) is 0 Å². The molecule has 0 amide bonds. The second-order valence-electron chi connectivity index (χ2n) is 7.31. The molecule has 1 saturated carbocycles. The van der Waals surface area contributed by atoms with Crippen LogP contribution in [0.25, 0.3) is 10.8 Å². The van der Waals surface area contributed by atoms with Crippen LogP contribution in [0, 0.1) is 0 Å². The first kappa shape index (κ1) is 15.5. The highest BCUT2D eigenvalue weighted by atomic mass is 35.5. The summed E-state index contributed by atoms with van der Waals surface area (Å²) in [6.45, 7) is 2.01. The molecule has 2 aromatic rings. The molecule has 0 atom stereocenters. The fraction of sp³-hybridized carbons (Fsp3) is 0.524. The maximum Gasteiger partial charge on any atom is 0.0144 e. The Bertz CT molecular complexity index is 667. The van der Waals surface area contributed by atoms with Gasteiger partial charge in [0.1, 0.15) is 0 Å². The maximum atomic E-state index is 6.15. The Morgan fingerprint density at radius 2 is 1.22 bits per heavy atom. The molecule has 2 aromatic carbocycles. The van der Waals surface area contributed by atoms with Crippen LogP contribution < -0.4 is 0 Å². The largest absolute Gasteiger partial charge is 0.220 e. The van der Waals surface area contributed by atoms with Gasteiger partial charge in [-0.25, -0.2) is 4.42 Å². The van der Waals surface area contributed by atoms with Crippen LogP contribution in [0.1, 0.15) is 67.9 Å². The minimum absolute atomic E-state index is 0.662. The molecule has 1 heterocycles. The second kappa shape index (κ2) is 6.83. The molecule has 1 saturated heterocycles. The van der Waals surface area contributed by atoms with Crippen molar-refractivity contribution < 1.29 is 0 Å². The second-order valence-corrected chi connectivity index (χ2v) is 7.79. The summed E-state index contributed by atoms with van der Waals surface area (Å²) in [5.74, 6) is 1.43. The van der Waals surface area contributed by atoms with E-state index in [0.29, 0.717) is 5.92 Å². The topological polar surface area (TPSA) is 3.24 Å². The van der Waals surface area contributed by atoms with Crippen molar-refractivity contribution in [1.29, 1.82) is 0 Å². The molecular weight excluding hydrogens is 302 g/mol. The molecule has 2 aliphatic rings. The quantitative estimate of drug-likeness (QED) is 0.592. The van der Waals surface area contributed by atoms with E-state index in [1.165, 1.54) is 55.7 Å². The zero-order valence-electron chi connectivity index (χ0n) is 13.8. The normalized spacial score (nSPS) is 21.8. The Morgan fingerprint density at radius 3 is 1.78 bits per heavy atom. The fourth-order valence-corrected chi connectivity index (χ4v) is 4.83. The molecule has 23 heavy (non-hydrogen) atoms. The lowest BCUT2D eigenvalue weighted by atomic mass is 9.79. The summed E-state index contributed by atoms with van der Waals surface area (Å²) in [5.41, 5.74) is 3.14. The van der Waals surface area contributed by atoms with E-state index >= 15 is 0 Å². The first-order chi connectivity index (χ1) is 11.3. The van der Waals surface area contributed by atoms with Gasteiger partial charge in [-0.1, -0.05) is 55.7 Å². The van der Waals surface area contributed by atoms with Crippen LogP contribution in [0.4, 0.5) is 0 Å². The fourth-order valence-electron chi connectivity index (χ4n) is 4.63. The molecule has 2 fully saturated rings. The van der Waals surface area contributed by atoms with E-state index in [4.69, 9.17) is 11.8 Å². The molecule has 0 bridgehead atoms. The van der Waals surface area contributed by atoms with Gasteiger partial charge >= 0.3 is 0 Å². The van der Waals surface area contributed by atoms with Gasteiger partial charge in [0.05, 0.1) is 0 Å². The van der Waals surface area contributed by atoms with Crippen molar-refractivity contribution >= 4 is 22.5 Å². The third-order valence-electron chi connectivity index (χ3n) is 5.92. The van der Waals surface area contributed by atoms with Crippen LogP contribution in [-0.4, -0.2) is 17.5 Å². The van der Waals surface area contributed by atoms with E-state index < -0.39 is 0 Å². The van der Waals surface area contributed by atoms with Gasteiger partial charge in [-0.05, 0) is 71.2 Å². The molecule has 122 valence electrons.